The molecule has 3 heterocycles. The van der Waals surface area contributed by atoms with Crippen molar-refractivity contribution in [2.24, 2.45) is 11.8 Å². The monoisotopic (exact) mass is 339 g/mol. The third-order valence-electron chi connectivity index (χ3n) is 4.74. The summed E-state index contributed by atoms with van der Waals surface area (Å²) < 4.78 is 44.1. The molecular formula is C16H12F3NO4. The van der Waals surface area contributed by atoms with Crippen LogP contribution in [0, 0.1) is 11.8 Å². The largest absolute Gasteiger partial charge is 0.416 e. The van der Waals surface area contributed by atoms with Crippen LogP contribution in [-0.4, -0.2) is 35.7 Å². The van der Waals surface area contributed by atoms with Crippen LogP contribution < -0.4 is 4.90 Å². The smallest absolute Gasteiger partial charge is 0.392 e. The molecule has 0 aliphatic carbocycles. The minimum atomic E-state index is -4.56. The van der Waals surface area contributed by atoms with E-state index in [4.69, 9.17) is 4.74 Å². The van der Waals surface area contributed by atoms with Gasteiger partial charge in [-0.1, -0.05) is 12.1 Å². The number of anilines is 1. The van der Waals surface area contributed by atoms with E-state index in [1.54, 1.807) is 6.08 Å². The Kier molecular flexibility index (Phi) is 3.14. The van der Waals surface area contributed by atoms with E-state index in [-0.39, 0.29) is 12.3 Å². The van der Waals surface area contributed by atoms with Crippen molar-refractivity contribution in [3.63, 3.8) is 0 Å². The van der Waals surface area contributed by atoms with Gasteiger partial charge in [-0.15, -0.1) is 0 Å². The van der Waals surface area contributed by atoms with Gasteiger partial charge in [0.05, 0.1) is 41.9 Å². The van der Waals surface area contributed by atoms with Crippen molar-refractivity contribution >= 4 is 17.5 Å². The number of rotatable bonds is 2. The van der Waals surface area contributed by atoms with Crippen LogP contribution in [0.2, 0.25) is 0 Å². The number of imide groups is 1. The van der Waals surface area contributed by atoms with E-state index in [0.717, 1.165) is 23.1 Å². The Hall–Kier alpha value is -2.19. The Morgan fingerprint density at radius 2 is 1.88 bits per heavy atom. The second-order valence-electron chi connectivity index (χ2n) is 6.03. The van der Waals surface area contributed by atoms with Crippen LogP contribution in [0.25, 0.3) is 0 Å². The average Bonchev–Trinajstić information content (AvgIpc) is 3.18. The molecule has 2 saturated heterocycles. The molecule has 1 N–H and O–H groups in total. The van der Waals surface area contributed by atoms with Gasteiger partial charge in [-0.05, 0) is 23.8 Å². The highest BCUT2D eigenvalue weighted by Crippen LogP contribution is 2.49. The molecule has 3 aliphatic rings. The Labute approximate surface area is 134 Å². The maximum Gasteiger partial charge on any atom is 0.416 e. The lowest BCUT2D eigenvalue weighted by Crippen LogP contribution is -2.35. The number of alkyl halides is 3. The molecule has 1 aromatic rings. The van der Waals surface area contributed by atoms with Crippen molar-refractivity contribution < 1.29 is 32.6 Å². The summed E-state index contributed by atoms with van der Waals surface area (Å²) in [4.78, 5) is 26.0. The molecule has 4 unspecified atom stereocenters. The molecule has 126 valence electrons. The summed E-state index contributed by atoms with van der Waals surface area (Å²) in [5.41, 5.74) is -0.487. The van der Waals surface area contributed by atoms with E-state index in [0.29, 0.717) is 5.57 Å². The maximum absolute atomic E-state index is 12.9. The number of aliphatic hydroxyl groups excluding tert-OH is 1. The van der Waals surface area contributed by atoms with Gasteiger partial charge in [0.25, 0.3) is 0 Å². The highest BCUT2D eigenvalue weighted by Gasteiger charge is 2.63. The first-order valence-corrected chi connectivity index (χ1v) is 7.35. The summed E-state index contributed by atoms with van der Waals surface area (Å²) in [5.74, 6) is -2.68. The van der Waals surface area contributed by atoms with Crippen LogP contribution in [0.5, 0.6) is 0 Å². The van der Waals surface area contributed by atoms with E-state index in [9.17, 15) is 27.9 Å². The van der Waals surface area contributed by atoms with Gasteiger partial charge in [-0.25, -0.2) is 4.90 Å². The van der Waals surface area contributed by atoms with Gasteiger partial charge in [0.1, 0.15) is 0 Å². The standard InChI is InChI=1S/C16H12F3NO4/c17-16(18,19)8-2-1-3-9(5-8)20-14(22)11-10-4-7(6-21)13(24-10)12(11)15(20)23/h1-5,10-13,21H,6H2. The molecule has 5 nitrogen and oxygen atoms in total. The third kappa shape index (κ3) is 1.96. The Balaban J connectivity index is 1.71. The van der Waals surface area contributed by atoms with Crippen LogP contribution in [0.1, 0.15) is 5.56 Å². The molecule has 2 fully saturated rings. The van der Waals surface area contributed by atoms with E-state index in [2.05, 4.69) is 0 Å². The highest BCUT2D eigenvalue weighted by molar-refractivity contribution is 6.23. The number of fused-ring (bicyclic) bond motifs is 5. The molecule has 4 atom stereocenters. The molecule has 0 spiro atoms. The quantitative estimate of drug-likeness (QED) is 0.655. The van der Waals surface area contributed by atoms with Crippen molar-refractivity contribution in [1.82, 2.24) is 0 Å². The maximum atomic E-state index is 12.9. The first-order valence-electron chi connectivity index (χ1n) is 7.35. The number of benzene rings is 1. The fraction of sp³-hybridized carbons (Fsp3) is 0.375. The first-order chi connectivity index (χ1) is 11.3. The summed E-state index contributed by atoms with van der Waals surface area (Å²) in [7, 11) is 0. The second-order valence-corrected chi connectivity index (χ2v) is 6.03. The molecule has 0 saturated carbocycles. The summed E-state index contributed by atoms with van der Waals surface area (Å²) in [6.45, 7) is -0.282. The van der Waals surface area contributed by atoms with Gasteiger partial charge in [-0.3, -0.25) is 9.59 Å². The minimum absolute atomic E-state index is 0.0980. The number of halogens is 3. The highest BCUT2D eigenvalue weighted by atomic mass is 19.4. The molecule has 0 aromatic heterocycles. The van der Waals surface area contributed by atoms with Gasteiger partial charge in [0.2, 0.25) is 11.8 Å². The van der Waals surface area contributed by atoms with Crippen LogP contribution in [-0.2, 0) is 20.5 Å². The van der Waals surface area contributed by atoms with E-state index in [1.807, 2.05) is 0 Å². The summed E-state index contributed by atoms with van der Waals surface area (Å²) in [5, 5.41) is 9.29. The summed E-state index contributed by atoms with van der Waals surface area (Å²) in [6.07, 6.45) is -4.25. The number of ether oxygens (including phenoxy) is 1. The minimum Gasteiger partial charge on any atom is -0.392 e. The molecule has 8 heteroatoms. The lowest BCUT2D eigenvalue weighted by molar-refractivity contribution is -0.137. The van der Waals surface area contributed by atoms with Gasteiger partial charge in [0.15, 0.2) is 0 Å². The molecule has 2 bridgehead atoms. The van der Waals surface area contributed by atoms with Crippen LogP contribution in [0.15, 0.2) is 35.9 Å². The number of amides is 2. The Bertz CT molecular complexity index is 773. The number of carbonyl (C=O) groups excluding carboxylic acids is 2. The van der Waals surface area contributed by atoms with Crippen molar-refractivity contribution in [3.05, 3.63) is 41.5 Å². The molecule has 4 rings (SSSR count). The molecule has 0 radical (unpaired) electrons. The number of carbonyl (C=O) groups is 2. The van der Waals surface area contributed by atoms with Gasteiger partial charge in [-0.2, -0.15) is 13.2 Å². The van der Waals surface area contributed by atoms with Crippen molar-refractivity contribution in [3.8, 4) is 0 Å². The number of hydrogen-bond donors (Lipinski definition) is 1. The van der Waals surface area contributed by atoms with Crippen LogP contribution in [0.3, 0.4) is 0 Å². The zero-order valence-corrected chi connectivity index (χ0v) is 12.2. The molecule has 3 aliphatic heterocycles. The second kappa shape index (κ2) is 4.90. The number of nitrogens with zero attached hydrogens (tertiary/aromatic N) is 1. The van der Waals surface area contributed by atoms with E-state index >= 15 is 0 Å². The fourth-order valence-electron chi connectivity index (χ4n) is 3.70. The summed E-state index contributed by atoms with van der Waals surface area (Å²) in [6, 6.07) is 4.14. The normalized spacial score (nSPS) is 31.7. The molecule has 1 aromatic carbocycles. The molecule has 2 amide bonds. The van der Waals surface area contributed by atoms with Gasteiger partial charge in [0, 0.05) is 0 Å². The lowest BCUT2D eigenvalue weighted by atomic mass is 9.81. The van der Waals surface area contributed by atoms with Crippen LogP contribution in [0.4, 0.5) is 18.9 Å². The Morgan fingerprint density at radius 3 is 2.54 bits per heavy atom. The zero-order chi connectivity index (χ0) is 17.2. The fourth-order valence-corrected chi connectivity index (χ4v) is 3.70. The summed E-state index contributed by atoms with van der Waals surface area (Å²) >= 11 is 0. The molecular weight excluding hydrogens is 327 g/mol. The lowest BCUT2D eigenvalue weighted by Gasteiger charge is -2.19. The van der Waals surface area contributed by atoms with E-state index in [1.165, 1.54) is 6.07 Å². The van der Waals surface area contributed by atoms with Crippen molar-refractivity contribution in [1.29, 1.82) is 0 Å². The first kappa shape index (κ1) is 15.3. The SMILES string of the molecule is O=C1C2C3C=C(CO)C(O3)C2C(=O)N1c1cccc(C(F)(F)F)c1. The number of aliphatic hydroxyl groups is 1. The topological polar surface area (TPSA) is 66.8 Å². The van der Waals surface area contributed by atoms with Crippen LogP contribution >= 0.6 is 0 Å². The third-order valence-corrected chi connectivity index (χ3v) is 4.74. The predicted octanol–water partition coefficient (Wildman–Crippen LogP) is 1.51. The zero-order valence-electron chi connectivity index (χ0n) is 12.2. The van der Waals surface area contributed by atoms with Gasteiger partial charge < -0.3 is 9.84 Å². The Morgan fingerprint density at radius 1 is 1.17 bits per heavy atom. The average molecular weight is 339 g/mol. The van der Waals surface area contributed by atoms with Gasteiger partial charge >= 0.3 is 6.18 Å². The molecule has 24 heavy (non-hydrogen) atoms. The van der Waals surface area contributed by atoms with Crippen molar-refractivity contribution in [2.75, 3.05) is 11.5 Å². The number of hydrogen-bond acceptors (Lipinski definition) is 4. The van der Waals surface area contributed by atoms with E-state index < -0.39 is 47.6 Å². The van der Waals surface area contributed by atoms with Crippen molar-refractivity contribution in [2.45, 2.75) is 18.4 Å². The predicted molar refractivity (Wildman–Crippen MR) is 74.7 cm³/mol.